The summed E-state index contributed by atoms with van der Waals surface area (Å²) in [4.78, 5) is 42.4. The van der Waals surface area contributed by atoms with Crippen molar-refractivity contribution in [3.63, 3.8) is 0 Å². The molecule has 0 N–H and O–H groups in total. The number of benzene rings is 3. The molecule has 0 aliphatic rings. The van der Waals surface area contributed by atoms with E-state index in [1.165, 1.54) is 58.9 Å². The Morgan fingerprint density at radius 3 is 1.80 bits per heavy atom. The third-order valence-electron chi connectivity index (χ3n) is 6.19. The molecule has 0 radical (unpaired) electrons. The number of hydrogen-bond acceptors (Lipinski definition) is 11. The third-order valence-corrected chi connectivity index (χ3v) is 6.83. The van der Waals surface area contributed by atoms with Gasteiger partial charge in [0.25, 0.3) is 5.69 Å². The minimum atomic E-state index is -0.597. The second kappa shape index (κ2) is 13.8. The lowest BCUT2D eigenvalue weighted by molar-refractivity contribution is -0.384. The van der Waals surface area contributed by atoms with Crippen LogP contribution in [0.2, 0.25) is 10.0 Å². The first-order chi connectivity index (χ1) is 21.1. The molecule has 0 atom stereocenters. The van der Waals surface area contributed by atoms with Crippen molar-refractivity contribution < 1.29 is 38.2 Å². The average Bonchev–Trinajstić information content (AvgIpc) is 3.04. The number of esters is 2. The quantitative estimate of drug-likeness (QED) is 0.102. The highest BCUT2D eigenvalue weighted by Gasteiger charge is 2.19. The zero-order chi connectivity index (χ0) is 32.0. The summed E-state index contributed by atoms with van der Waals surface area (Å²) in [7, 11) is 5.50. The summed E-state index contributed by atoms with van der Waals surface area (Å²) in [6.45, 7) is 0. The number of hydrogen-bond donors (Lipinski definition) is 0. The fourth-order valence-electron chi connectivity index (χ4n) is 4.08. The molecule has 0 aliphatic carbocycles. The van der Waals surface area contributed by atoms with Gasteiger partial charge in [-0.2, -0.15) is 0 Å². The zero-order valence-electron chi connectivity index (χ0n) is 23.6. The molecule has 12 nitrogen and oxygen atoms in total. The molecule has 0 saturated heterocycles. The van der Waals surface area contributed by atoms with Gasteiger partial charge in [0, 0.05) is 35.3 Å². The van der Waals surface area contributed by atoms with Crippen molar-refractivity contribution in [1.82, 2.24) is 9.97 Å². The largest absolute Gasteiger partial charge is 0.496 e. The predicted molar refractivity (Wildman–Crippen MR) is 162 cm³/mol. The van der Waals surface area contributed by atoms with Crippen molar-refractivity contribution in [2.75, 3.05) is 28.4 Å². The Labute approximate surface area is 260 Å². The number of pyridine rings is 2. The molecule has 0 spiro atoms. The number of fused-ring (bicyclic) bond motifs is 2. The van der Waals surface area contributed by atoms with E-state index in [0.717, 1.165) is 0 Å². The summed E-state index contributed by atoms with van der Waals surface area (Å²) in [6, 6.07) is 13.7. The molecule has 2 aromatic heterocycles. The number of nitro groups is 1. The lowest BCUT2D eigenvalue weighted by Crippen LogP contribution is -2.04. The van der Waals surface area contributed by atoms with Crippen LogP contribution in [-0.4, -0.2) is 55.3 Å². The second-order valence-corrected chi connectivity index (χ2v) is 9.51. The van der Waals surface area contributed by atoms with Gasteiger partial charge in [0.2, 0.25) is 0 Å². The maximum Gasteiger partial charge on any atom is 0.341 e. The van der Waals surface area contributed by atoms with Crippen molar-refractivity contribution in [2.45, 2.75) is 0 Å². The maximum atomic E-state index is 12.0. The van der Waals surface area contributed by atoms with Crippen LogP contribution in [0.1, 0.15) is 20.7 Å². The van der Waals surface area contributed by atoms with Crippen LogP contribution in [0.15, 0.2) is 67.0 Å². The summed E-state index contributed by atoms with van der Waals surface area (Å²) in [6.07, 6.45) is 3.11. The van der Waals surface area contributed by atoms with Crippen LogP contribution < -0.4 is 14.2 Å². The molecule has 14 heteroatoms. The van der Waals surface area contributed by atoms with E-state index in [0.29, 0.717) is 49.6 Å². The van der Waals surface area contributed by atoms with E-state index in [1.54, 1.807) is 36.5 Å². The van der Waals surface area contributed by atoms with Gasteiger partial charge in [-0.05, 0) is 36.4 Å². The molecule has 0 fully saturated rings. The summed E-state index contributed by atoms with van der Waals surface area (Å²) in [5.74, 6) is 0.244. The van der Waals surface area contributed by atoms with Gasteiger partial charge >= 0.3 is 11.9 Å². The van der Waals surface area contributed by atoms with E-state index in [9.17, 15) is 19.7 Å². The summed E-state index contributed by atoms with van der Waals surface area (Å²) >= 11 is 11.9. The van der Waals surface area contributed by atoms with Crippen molar-refractivity contribution in [1.29, 1.82) is 0 Å². The SMILES string of the molecule is COC(=O)c1cc2c(Cl)ccnc2cc1OC.COC(=O)c1cc2c(Oc3ccc(Cl)c([N+](=O)[O-])c3)ccnc2cc1OC. The Bertz CT molecular complexity index is 1900. The Morgan fingerprint density at radius 1 is 0.705 bits per heavy atom. The van der Waals surface area contributed by atoms with Gasteiger partial charge in [0.05, 0.1) is 55.5 Å². The Morgan fingerprint density at radius 2 is 1.25 bits per heavy atom. The van der Waals surface area contributed by atoms with Gasteiger partial charge in [-0.1, -0.05) is 23.2 Å². The first-order valence-corrected chi connectivity index (χ1v) is 13.2. The van der Waals surface area contributed by atoms with E-state index in [1.807, 2.05) is 0 Å². The van der Waals surface area contributed by atoms with Crippen molar-refractivity contribution in [3.8, 4) is 23.0 Å². The van der Waals surface area contributed by atoms with Gasteiger partial charge in [-0.15, -0.1) is 0 Å². The number of ether oxygens (including phenoxy) is 5. The van der Waals surface area contributed by atoms with E-state index >= 15 is 0 Å². The fourth-order valence-corrected chi connectivity index (χ4v) is 4.47. The molecular formula is C30H23Cl2N3O9. The lowest BCUT2D eigenvalue weighted by Gasteiger charge is -2.12. The van der Waals surface area contributed by atoms with Gasteiger partial charge < -0.3 is 23.7 Å². The highest BCUT2D eigenvalue weighted by Crippen LogP contribution is 2.36. The van der Waals surface area contributed by atoms with Crippen LogP contribution in [0.5, 0.6) is 23.0 Å². The van der Waals surface area contributed by atoms with Crippen LogP contribution in [0.25, 0.3) is 21.8 Å². The number of aromatic nitrogens is 2. The zero-order valence-corrected chi connectivity index (χ0v) is 25.1. The molecule has 2 heterocycles. The molecule has 226 valence electrons. The first-order valence-electron chi connectivity index (χ1n) is 12.5. The van der Waals surface area contributed by atoms with Crippen molar-refractivity contribution in [3.05, 3.63) is 98.3 Å². The molecule has 0 amide bonds. The van der Waals surface area contributed by atoms with Crippen molar-refractivity contribution in [2.24, 2.45) is 0 Å². The summed E-state index contributed by atoms with van der Waals surface area (Å²) in [5, 5.41) is 12.8. The molecule has 3 aromatic carbocycles. The number of carbonyl (C=O) groups excluding carboxylic acids is 2. The predicted octanol–water partition coefficient (Wildman–Crippen LogP) is 7.07. The van der Waals surface area contributed by atoms with Crippen LogP contribution in [0, 0.1) is 10.1 Å². The average molecular weight is 640 g/mol. The molecule has 0 unspecified atom stereocenters. The molecule has 5 rings (SSSR count). The van der Waals surface area contributed by atoms with E-state index in [4.69, 9.17) is 42.1 Å². The summed E-state index contributed by atoms with van der Waals surface area (Å²) in [5.41, 5.74) is 1.44. The third kappa shape index (κ3) is 6.72. The maximum absolute atomic E-state index is 12.0. The van der Waals surface area contributed by atoms with Crippen LogP contribution in [-0.2, 0) is 9.47 Å². The van der Waals surface area contributed by atoms with Crippen molar-refractivity contribution >= 4 is 62.6 Å². The first kappa shape index (κ1) is 31.7. The van der Waals surface area contributed by atoms with Crippen LogP contribution >= 0.6 is 23.2 Å². The minimum Gasteiger partial charge on any atom is -0.496 e. The highest BCUT2D eigenvalue weighted by molar-refractivity contribution is 6.35. The minimum absolute atomic E-state index is 0.00431. The molecule has 5 aromatic rings. The molecular weight excluding hydrogens is 617 g/mol. The number of carbonyl (C=O) groups is 2. The van der Waals surface area contributed by atoms with E-state index in [2.05, 4.69) is 14.7 Å². The Hall–Kier alpha value is -5.20. The second-order valence-electron chi connectivity index (χ2n) is 8.70. The number of methoxy groups -OCH3 is 4. The standard InChI is InChI=1S/C18H13ClN2O6.C12H10ClNO3/c1-25-17-9-14-11(8-12(17)18(22)26-2)16(5-6-20-14)27-10-3-4-13(19)15(7-10)21(23)24;1-16-11-6-10-7(9(13)3-4-14-10)5-8(11)12(15)17-2/h3-9H,1-2H3;3-6H,1-2H3. The van der Waals surface area contributed by atoms with Gasteiger partial charge in [-0.25, -0.2) is 9.59 Å². The van der Waals surface area contributed by atoms with Crippen LogP contribution in [0.3, 0.4) is 0 Å². The molecule has 0 saturated carbocycles. The number of nitrogens with zero attached hydrogens (tertiary/aromatic N) is 3. The smallest absolute Gasteiger partial charge is 0.341 e. The monoisotopic (exact) mass is 639 g/mol. The van der Waals surface area contributed by atoms with Gasteiger partial charge in [0.1, 0.15) is 39.1 Å². The van der Waals surface area contributed by atoms with Crippen LogP contribution in [0.4, 0.5) is 5.69 Å². The highest BCUT2D eigenvalue weighted by atomic mass is 35.5. The van der Waals surface area contributed by atoms with E-state index < -0.39 is 16.9 Å². The topological polar surface area (TPSA) is 149 Å². The summed E-state index contributed by atoms with van der Waals surface area (Å²) < 4.78 is 25.6. The lowest BCUT2D eigenvalue weighted by atomic mass is 10.1. The molecule has 0 aliphatic heterocycles. The fraction of sp³-hybridized carbons (Fsp3) is 0.133. The normalized spacial score (nSPS) is 10.4. The Kier molecular flexibility index (Phi) is 9.99. The Balaban J connectivity index is 0.000000223. The molecule has 0 bridgehead atoms. The molecule has 44 heavy (non-hydrogen) atoms. The van der Waals surface area contributed by atoms with E-state index in [-0.39, 0.29) is 22.0 Å². The van der Waals surface area contributed by atoms with Gasteiger partial charge in [-0.3, -0.25) is 20.1 Å². The van der Waals surface area contributed by atoms with Gasteiger partial charge in [0.15, 0.2) is 0 Å². The number of halogens is 2. The number of nitro benzene ring substituents is 1. The number of rotatable bonds is 7.